The maximum absolute atomic E-state index is 11.2. The number of carbonyl (C=O) groups is 6. The Morgan fingerprint density at radius 3 is 1.43 bits per heavy atom. The van der Waals surface area contributed by atoms with Crippen molar-refractivity contribution >= 4 is 66.5 Å². The lowest BCUT2D eigenvalue weighted by Crippen LogP contribution is -2.41. The van der Waals surface area contributed by atoms with Gasteiger partial charge in [0.1, 0.15) is 13.5 Å². The van der Waals surface area contributed by atoms with Crippen molar-refractivity contribution in [2.75, 3.05) is 27.3 Å². The van der Waals surface area contributed by atoms with Crippen LogP contribution in [0.1, 0.15) is 39.9 Å². The molecule has 8 radical (unpaired) electrons. The molecule has 0 heterocycles. The minimum atomic E-state index is -1.14. The van der Waals surface area contributed by atoms with Gasteiger partial charge in [-0.05, 0) is 38.5 Å². The number of hydrogen-bond acceptors (Lipinski definition) is 8. The second-order valence-corrected chi connectivity index (χ2v) is 6.56. The van der Waals surface area contributed by atoms with Crippen LogP contribution in [0.2, 0.25) is 0 Å². The molecule has 17 heteroatoms. The summed E-state index contributed by atoms with van der Waals surface area (Å²) in [4.78, 5) is 63.6. The minimum Gasteiger partial charge on any atom is -0.480 e. The molecule has 0 aromatic carbocycles. The summed E-state index contributed by atoms with van der Waals surface area (Å²) in [6.45, 7) is 0.790. The van der Waals surface area contributed by atoms with Gasteiger partial charge in [-0.15, -0.1) is 12.8 Å². The molecule has 2 atom stereocenters. The first kappa shape index (κ1) is 38.1. The van der Waals surface area contributed by atoms with Crippen molar-refractivity contribution in [3.05, 3.63) is 0 Å². The van der Waals surface area contributed by atoms with Crippen LogP contribution in [0.5, 0.6) is 0 Å². The summed E-state index contributed by atoms with van der Waals surface area (Å²) >= 11 is 0. The Morgan fingerprint density at radius 2 is 1.14 bits per heavy atom. The molecule has 0 aromatic heterocycles. The number of rotatable bonds is 14. The smallest absolute Gasteiger partial charge is 0.328 e. The fourth-order valence-electron chi connectivity index (χ4n) is 2.36. The molecule has 0 unspecified atom stereocenters. The van der Waals surface area contributed by atoms with Crippen LogP contribution < -0.4 is 21.3 Å². The summed E-state index contributed by atoms with van der Waals surface area (Å²) < 4.78 is 10.2. The van der Waals surface area contributed by atoms with Crippen molar-refractivity contribution < 1.29 is 45.1 Å². The number of terminal acetylenes is 1. The normalized spacial score (nSPS) is 10.6. The van der Waals surface area contributed by atoms with Crippen LogP contribution >= 0.6 is 0 Å². The van der Waals surface area contributed by atoms with Gasteiger partial charge in [-0.2, -0.15) is 0 Å². The van der Waals surface area contributed by atoms with Crippen LogP contribution in [-0.2, 0) is 14.3 Å². The maximum atomic E-state index is 11.2. The van der Waals surface area contributed by atoms with Gasteiger partial charge in [-0.1, -0.05) is 0 Å². The maximum Gasteiger partial charge on any atom is 0.328 e. The molecule has 13 nitrogen and oxygen atoms in total. The van der Waals surface area contributed by atoms with Gasteiger partial charge in [0, 0.05) is 20.2 Å². The van der Waals surface area contributed by atoms with E-state index < -0.39 is 47.2 Å². The number of aliphatic carboxylic acids is 1. The highest BCUT2D eigenvalue weighted by atomic mass is 16.5. The Labute approximate surface area is 224 Å². The zero-order valence-electron chi connectivity index (χ0n) is 22.0. The molecule has 0 aliphatic heterocycles. The predicted octanol–water partition coefficient (Wildman–Crippen LogP) is -1.32. The predicted molar refractivity (Wildman–Crippen MR) is 140 cm³/mol. The highest BCUT2D eigenvalue weighted by molar-refractivity contribution is 6.58. The summed E-state index contributed by atoms with van der Waals surface area (Å²) in [7, 11) is 21.7. The molecule has 198 valence electrons. The molecule has 6 N–H and O–H groups in total. The molecule has 0 aliphatic rings. The first-order chi connectivity index (χ1) is 17.8. The number of carboxylic acids is 1. The number of ether oxygens (including phenoxy) is 1. The molecule has 0 rings (SSSR count). The number of aliphatic hydroxyl groups is 1. The fourth-order valence-corrected chi connectivity index (χ4v) is 2.36. The van der Waals surface area contributed by atoms with Crippen LogP contribution in [0.4, 0.5) is 19.2 Å². The lowest BCUT2D eigenvalue weighted by molar-refractivity contribution is -0.143. The van der Waals surface area contributed by atoms with Gasteiger partial charge >= 0.3 is 11.9 Å². The zero-order valence-corrected chi connectivity index (χ0v) is 21.0. The van der Waals surface area contributed by atoms with E-state index in [-0.39, 0.29) is 6.42 Å². The second-order valence-electron chi connectivity index (χ2n) is 6.56. The molecule has 0 saturated heterocycles. The summed E-state index contributed by atoms with van der Waals surface area (Å²) in [5, 5.41) is 24.9. The lowest BCUT2D eigenvalue weighted by Gasteiger charge is -2.15. The van der Waals surface area contributed by atoms with Crippen LogP contribution in [0.3, 0.4) is 0 Å². The van der Waals surface area contributed by atoms with Crippen molar-refractivity contribution in [3.63, 3.8) is 0 Å². The Kier molecular flexibility index (Phi) is 29.7. The van der Waals surface area contributed by atoms with E-state index >= 15 is 0 Å². The van der Waals surface area contributed by atoms with Crippen molar-refractivity contribution in [1.82, 2.24) is 21.3 Å². The van der Waals surface area contributed by atoms with Gasteiger partial charge in [0.15, 0.2) is 38.9 Å². The van der Waals surface area contributed by atoms with Crippen molar-refractivity contribution in [3.8, 4) is 12.8 Å². The SMILES string of the molecule is CO.[2H]C#C.[B]C(=O)NCCCC[C@H](NC([B])=O)C(=O)O.[B]C(=O)NCCCC[C@H](NC([B])=O)C(=O)OC. The molecule has 0 bridgehead atoms. The van der Waals surface area contributed by atoms with E-state index in [9.17, 15) is 28.8 Å². The number of carbonyl (C=O) groups excluding carboxylic acids is 5. The third-order valence-corrected chi connectivity index (χ3v) is 3.85. The van der Waals surface area contributed by atoms with Crippen molar-refractivity contribution in [2.45, 2.75) is 50.6 Å². The molecule has 0 aromatic rings. The topological polar surface area (TPSA) is 200 Å². The molecular weight excluding hydrogens is 483 g/mol. The number of methoxy groups -OCH3 is 1. The number of aliphatic hydroxyl groups excluding tert-OH is 1. The van der Waals surface area contributed by atoms with E-state index in [0.29, 0.717) is 45.2 Å². The van der Waals surface area contributed by atoms with E-state index in [1.54, 1.807) is 0 Å². The van der Waals surface area contributed by atoms with E-state index in [4.69, 9.17) is 43.0 Å². The third kappa shape index (κ3) is 32.6. The van der Waals surface area contributed by atoms with Gasteiger partial charge in [0.25, 0.3) is 0 Å². The van der Waals surface area contributed by atoms with E-state index in [1.807, 2.05) is 0 Å². The van der Waals surface area contributed by atoms with Gasteiger partial charge < -0.3 is 36.2 Å². The minimum absolute atomic E-state index is 0.249. The lowest BCUT2D eigenvalue weighted by atomic mass is 10.1. The van der Waals surface area contributed by atoms with Crippen LogP contribution in [-0.4, -0.2) is 116 Å². The molecule has 0 saturated carbocycles. The average Bonchev–Trinajstić information content (AvgIpc) is 2.83. The average molecular weight is 517 g/mol. The number of carboxylic acid groups (broad SMARTS) is 1. The van der Waals surface area contributed by atoms with E-state index in [2.05, 4.69) is 32.4 Å². The Balaban J connectivity index is -0.000000260. The van der Waals surface area contributed by atoms with E-state index in [1.165, 1.54) is 13.5 Å². The molecule has 37 heavy (non-hydrogen) atoms. The van der Waals surface area contributed by atoms with Crippen LogP contribution in [0.15, 0.2) is 0 Å². The number of hydrogen-bond donors (Lipinski definition) is 6. The van der Waals surface area contributed by atoms with Crippen LogP contribution in [0.25, 0.3) is 0 Å². The second kappa shape index (κ2) is 28.8. The molecule has 0 fully saturated rings. The largest absolute Gasteiger partial charge is 0.480 e. The highest BCUT2D eigenvalue weighted by Gasteiger charge is 2.19. The number of amides is 4. The molecule has 4 amide bonds. The fraction of sp³-hybridized carbons (Fsp3) is 0.600. The monoisotopic (exact) mass is 517 g/mol. The first-order valence-electron chi connectivity index (χ1n) is 11.1. The quantitative estimate of drug-likeness (QED) is 0.0700. The third-order valence-electron chi connectivity index (χ3n) is 3.85. The van der Waals surface area contributed by atoms with Crippen molar-refractivity contribution in [2.24, 2.45) is 0 Å². The van der Waals surface area contributed by atoms with Gasteiger partial charge in [0.2, 0.25) is 15.7 Å². The van der Waals surface area contributed by atoms with E-state index in [0.717, 1.165) is 7.11 Å². The summed E-state index contributed by atoms with van der Waals surface area (Å²) in [5.41, 5.74) is 0. The van der Waals surface area contributed by atoms with Gasteiger partial charge in [0.05, 0.1) is 7.11 Å². The molecule has 0 aliphatic carbocycles. The zero-order chi connectivity index (χ0) is 30.5. The summed E-state index contributed by atoms with van der Waals surface area (Å²) in [5.74, 6) is -4.55. The van der Waals surface area contributed by atoms with Crippen LogP contribution in [0, 0.1) is 12.8 Å². The Bertz CT molecular complexity index is 758. The number of esters is 1. The molecular formula is C20H32B4N4O9. The summed E-state index contributed by atoms with van der Waals surface area (Å²) in [6, 6.07) is -1.75. The Morgan fingerprint density at radius 1 is 0.784 bits per heavy atom. The first-order valence-corrected chi connectivity index (χ1v) is 10.6. The van der Waals surface area contributed by atoms with Gasteiger partial charge in [-0.25, -0.2) is 9.59 Å². The highest BCUT2D eigenvalue weighted by Crippen LogP contribution is 2.03. The Hall–Kier alpha value is -3.40. The molecule has 0 spiro atoms. The number of nitrogens with one attached hydrogen (secondary N) is 4. The van der Waals surface area contributed by atoms with Gasteiger partial charge in [-0.3, -0.25) is 19.2 Å². The van der Waals surface area contributed by atoms with Crippen molar-refractivity contribution in [1.29, 1.82) is 0 Å². The summed E-state index contributed by atoms with van der Waals surface area (Å²) in [6.07, 6.45) is 8.75. The number of unbranched alkanes of at least 4 members (excludes halogenated alkanes) is 2. The standard InChI is InChI=1S/C9H14B2N2O4.C8H12B2N2O4.C2H2.CH4O/c1-17-7(14)6(13-9(11)16)4-2-3-5-12-8(10)15;9-7(15)11-4-2-1-3-5(6(13)14)12-8(10)16;2*1-2/h6H,2-5H2,1H3,(H,12,15)(H,13,16);5H,1-4H2,(H,11,15)(H,12,16)(H,13,14);1-2H;2H,1H3/t6-;5-;;/m00../s1/i;;1D;.